The van der Waals surface area contributed by atoms with Gasteiger partial charge in [0.1, 0.15) is 0 Å². The van der Waals surface area contributed by atoms with Crippen LogP contribution in [0.5, 0.6) is 0 Å². The molecule has 4 nitrogen and oxygen atoms in total. The number of hydrogen-bond donors (Lipinski definition) is 2. The number of hydrazine groups is 1. The summed E-state index contributed by atoms with van der Waals surface area (Å²) in [4.78, 5) is 0.257. The van der Waals surface area contributed by atoms with Crippen LogP contribution in [-0.4, -0.2) is 8.42 Å². The van der Waals surface area contributed by atoms with Crippen molar-refractivity contribution in [3.63, 3.8) is 0 Å². The summed E-state index contributed by atoms with van der Waals surface area (Å²) in [6, 6.07) is 12.6. The molecule has 0 atom stereocenters. The van der Waals surface area contributed by atoms with Crippen LogP contribution < -0.4 is 11.3 Å². The number of sulfone groups is 1. The van der Waals surface area contributed by atoms with Gasteiger partial charge in [-0.25, -0.2) is 8.42 Å². The maximum Gasteiger partial charge on any atom is 0.208 e. The number of benzene rings is 2. The van der Waals surface area contributed by atoms with Gasteiger partial charge in [-0.2, -0.15) is 0 Å². The van der Waals surface area contributed by atoms with Crippen LogP contribution in [0.25, 0.3) is 0 Å². The second kappa shape index (κ2) is 4.97. The number of nitrogens with two attached hydrogens (primary N) is 1. The fourth-order valence-electron chi connectivity index (χ4n) is 1.56. The molecule has 0 aliphatic heterocycles. The number of halogens is 1. The summed E-state index contributed by atoms with van der Waals surface area (Å²) in [5.41, 5.74) is 2.67. The van der Waals surface area contributed by atoms with Crippen molar-refractivity contribution < 1.29 is 8.42 Å². The molecule has 0 amide bonds. The number of hydrogen-bond acceptors (Lipinski definition) is 4. The lowest BCUT2D eigenvalue weighted by Gasteiger charge is -2.10. The number of nitrogen functional groups attached to an aromatic ring is 1. The van der Waals surface area contributed by atoms with Gasteiger partial charge < -0.3 is 5.43 Å². The fourth-order valence-corrected chi connectivity index (χ4v) is 3.27. The Balaban J connectivity index is 2.65. The number of anilines is 1. The van der Waals surface area contributed by atoms with Gasteiger partial charge in [-0.15, -0.1) is 0 Å². The first kappa shape index (κ1) is 12.9. The third-order valence-electron chi connectivity index (χ3n) is 2.44. The Hall–Kier alpha value is -1.56. The Morgan fingerprint density at radius 3 is 2.33 bits per heavy atom. The minimum Gasteiger partial charge on any atom is -0.323 e. The van der Waals surface area contributed by atoms with E-state index in [1.165, 1.54) is 24.3 Å². The molecule has 0 spiro atoms. The van der Waals surface area contributed by atoms with Crippen molar-refractivity contribution in [2.45, 2.75) is 9.79 Å². The fraction of sp³-hybridized carbons (Fsp3) is 0. The molecule has 6 heteroatoms. The summed E-state index contributed by atoms with van der Waals surface area (Å²) in [5.74, 6) is 5.32. The molecule has 2 aromatic carbocycles. The van der Waals surface area contributed by atoms with Crippen molar-refractivity contribution in [1.29, 1.82) is 0 Å². The molecule has 2 rings (SSSR count). The normalized spacial score (nSPS) is 11.2. The van der Waals surface area contributed by atoms with Crippen LogP contribution in [0, 0.1) is 0 Å². The predicted octanol–water partition coefficient (Wildman–Crippen LogP) is 2.46. The molecular weight excluding hydrogens is 272 g/mol. The molecule has 0 aromatic heterocycles. The molecule has 0 radical (unpaired) electrons. The van der Waals surface area contributed by atoms with Crippen molar-refractivity contribution >= 4 is 27.1 Å². The van der Waals surface area contributed by atoms with Crippen molar-refractivity contribution in [2.75, 3.05) is 5.43 Å². The zero-order valence-electron chi connectivity index (χ0n) is 9.30. The van der Waals surface area contributed by atoms with E-state index in [0.29, 0.717) is 10.7 Å². The minimum atomic E-state index is -3.63. The van der Waals surface area contributed by atoms with E-state index in [-0.39, 0.29) is 9.79 Å². The van der Waals surface area contributed by atoms with Crippen LogP contribution in [0.2, 0.25) is 5.02 Å². The van der Waals surface area contributed by atoms with Gasteiger partial charge in [-0.05, 0) is 30.3 Å². The summed E-state index contributed by atoms with van der Waals surface area (Å²) in [5, 5.41) is 0.337. The van der Waals surface area contributed by atoms with Gasteiger partial charge in [0.05, 0.1) is 15.5 Å². The van der Waals surface area contributed by atoms with Gasteiger partial charge in [0, 0.05) is 5.02 Å². The van der Waals surface area contributed by atoms with Crippen LogP contribution in [0.3, 0.4) is 0 Å². The highest BCUT2D eigenvalue weighted by Crippen LogP contribution is 2.29. The Labute approximate surface area is 110 Å². The topological polar surface area (TPSA) is 72.2 Å². The monoisotopic (exact) mass is 282 g/mol. The van der Waals surface area contributed by atoms with E-state index in [0.717, 1.165) is 0 Å². The summed E-state index contributed by atoms with van der Waals surface area (Å²) in [7, 11) is -3.63. The first-order valence-corrected chi connectivity index (χ1v) is 6.98. The highest BCUT2D eigenvalue weighted by molar-refractivity contribution is 7.91. The molecular formula is C12H11ClN2O2S. The highest BCUT2D eigenvalue weighted by atomic mass is 35.5. The van der Waals surface area contributed by atoms with Crippen molar-refractivity contribution in [2.24, 2.45) is 5.84 Å². The first-order chi connectivity index (χ1) is 8.55. The predicted molar refractivity (Wildman–Crippen MR) is 71.2 cm³/mol. The molecule has 0 fully saturated rings. The van der Waals surface area contributed by atoms with Crippen LogP contribution in [0.15, 0.2) is 58.3 Å². The van der Waals surface area contributed by atoms with Gasteiger partial charge in [0.25, 0.3) is 0 Å². The van der Waals surface area contributed by atoms with Crippen LogP contribution >= 0.6 is 11.6 Å². The Bertz CT molecular complexity index is 657. The van der Waals surface area contributed by atoms with E-state index < -0.39 is 9.84 Å². The second-order valence-electron chi connectivity index (χ2n) is 3.60. The minimum absolute atomic E-state index is 0.0590. The molecule has 0 aliphatic rings. The van der Waals surface area contributed by atoms with Crippen molar-refractivity contribution in [3.8, 4) is 0 Å². The highest BCUT2D eigenvalue weighted by Gasteiger charge is 2.21. The molecule has 3 N–H and O–H groups in total. The van der Waals surface area contributed by atoms with E-state index in [4.69, 9.17) is 17.4 Å². The third-order valence-corrected chi connectivity index (χ3v) is 4.49. The molecule has 0 bridgehead atoms. The van der Waals surface area contributed by atoms with E-state index in [1.54, 1.807) is 24.3 Å². The zero-order valence-corrected chi connectivity index (χ0v) is 10.9. The van der Waals surface area contributed by atoms with Gasteiger partial charge in [0.2, 0.25) is 9.84 Å². The average Bonchev–Trinajstić information content (AvgIpc) is 2.39. The van der Waals surface area contributed by atoms with Crippen LogP contribution in [0.1, 0.15) is 0 Å². The van der Waals surface area contributed by atoms with E-state index >= 15 is 0 Å². The summed E-state index contributed by atoms with van der Waals surface area (Å²) in [6.45, 7) is 0. The smallest absolute Gasteiger partial charge is 0.208 e. The molecule has 94 valence electrons. The Kier molecular flexibility index (Phi) is 3.56. The lowest BCUT2D eigenvalue weighted by atomic mass is 10.3. The van der Waals surface area contributed by atoms with Gasteiger partial charge in [-0.3, -0.25) is 5.84 Å². The molecule has 0 unspecified atom stereocenters. The maximum absolute atomic E-state index is 12.4. The molecule has 0 heterocycles. The second-order valence-corrected chi connectivity index (χ2v) is 5.96. The molecule has 18 heavy (non-hydrogen) atoms. The first-order valence-electron chi connectivity index (χ1n) is 5.12. The molecule has 0 saturated heterocycles. The van der Waals surface area contributed by atoms with E-state index in [1.807, 2.05) is 0 Å². The van der Waals surface area contributed by atoms with Crippen LogP contribution in [-0.2, 0) is 9.84 Å². The molecule has 2 aromatic rings. The quantitative estimate of drug-likeness (QED) is 0.670. The number of rotatable bonds is 3. The van der Waals surface area contributed by atoms with Gasteiger partial charge in [0.15, 0.2) is 0 Å². The zero-order chi connectivity index (χ0) is 13.2. The third kappa shape index (κ3) is 2.33. The van der Waals surface area contributed by atoms with Crippen molar-refractivity contribution in [3.05, 3.63) is 53.6 Å². The molecule has 0 saturated carbocycles. The van der Waals surface area contributed by atoms with Gasteiger partial charge in [-0.1, -0.05) is 29.8 Å². The molecule has 0 aliphatic carbocycles. The Morgan fingerprint density at radius 2 is 1.72 bits per heavy atom. The average molecular weight is 283 g/mol. The van der Waals surface area contributed by atoms with E-state index in [2.05, 4.69) is 5.43 Å². The lowest BCUT2D eigenvalue weighted by Crippen LogP contribution is -2.12. The number of nitrogens with one attached hydrogen (secondary N) is 1. The summed E-state index contributed by atoms with van der Waals surface area (Å²) >= 11 is 5.83. The SMILES string of the molecule is NNc1ccc(Cl)cc1S(=O)(=O)c1ccccc1. The van der Waals surface area contributed by atoms with Crippen molar-refractivity contribution in [1.82, 2.24) is 0 Å². The van der Waals surface area contributed by atoms with Crippen LogP contribution in [0.4, 0.5) is 5.69 Å². The van der Waals surface area contributed by atoms with E-state index in [9.17, 15) is 8.42 Å². The largest absolute Gasteiger partial charge is 0.323 e. The Morgan fingerprint density at radius 1 is 1.06 bits per heavy atom. The maximum atomic E-state index is 12.4. The van der Waals surface area contributed by atoms with Gasteiger partial charge >= 0.3 is 0 Å². The standard InChI is InChI=1S/C12H11ClN2O2S/c13-9-6-7-11(15-14)12(8-9)18(16,17)10-4-2-1-3-5-10/h1-8,15H,14H2. The summed E-state index contributed by atoms with van der Waals surface area (Å²) < 4.78 is 24.8. The lowest BCUT2D eigenvalue weighted by molar-refractivity contribution is 0.596. The summed E-state index contributed by atoms with van der Waals surface area (Å²) in [6.07, 6.45) is 0.